The van der Waals surface area contributed by atoms with E-state index in [1.54, 1.807) is 0 Å². The van der Waals surface area contributed by atoms with Gasteiger partial charge in [0.1, 0.15) is 11.3 Å². The van der Waals surface area contributed by atoms with Gasteiger partial charge in [-0.05, 0) is 62.6 Å². The zero-order valence-electron chi connectivity index (χ0n) is 20.6. The van der Waals surface area contributed by atoms with E-state index in [1.807, 2.05) is 12.3 Å². The summed E-state index contributed by atoms with van der Waals surface area (Å²) in [5.74, 6) is 0.692. The number of nitrogens with zero attached hydrogens (tertiary/aromatic N) is 3. The van der Waals surface area contributed by atoms with E-state index in [0.29, 0.717) is 24.6 Å². The first-order chi connectivity index (χ1) is 17.1. The quantitative estimate of drug-likeness (QED) is 0.503. The lowest BCUT2D eigenvalue weighted by Gasteiger charge is -2.42. The Morgan fingerprint density at radius 3 is 2.66 bits per heavy atom. The van der Waals surface area contributed by atoms with Crippen molar-refractivity contribution in [2.75, 3.05) is 11.9 Å². The molecule has 7 nitrogen and oxygen atoms in total. The van der Waals surface area contributed by atoms with Crippen LogP contribution in [0.3, 0.4) is 0 Å². The molecule has 2 aromatic heterocycles. The first-order valence-corrected chi connectivity index (χ1v) is 13.3. The lowest BCUT2D eigenvalue weighted by molar-refractivity contribution is 0.0833. The van der Waals surface area contributed by atoms with Gasteiger partial charge in [0.15, 0.2) is 0 Å². The lowest BCUT2D eigenvalue weighted by Crippen LogP contribution is -2.52. The topological polar surface area (TPSA) is 83.9 Å². The zero-order chi connectivity index (χ0) is 23.8. The Balaban J connectivity index is 1.14. The van der Waals surface area contributed by atoms with Crippen LogP contribution in [0.4, 0.5) is 5.95 Å². The van der Waals surface area contributed by atoms with Crippen molar-refractivity contribution in [3.8, 4) is 0 Å². The van der Waals surface area contributed by atoms with Crippen molar-refractivity contribution in [2.45, 2.75) is 88.9 Å². The third-order valence-corrected chi connectivity index (χ3v) is 8.51. The van der Waals surface area contributed by atoms with E-state index in [2.05, 4.69) is 56.7 Å². The molecule has 1 spiro atoms. The summed E-state index contributed by atoms with van der Waals surface area (Å²) < 4.78 is 2.25. The number of fused-ring (bicyclic) bond motifs is 4. The van der Waals surface area contributed by atoms with Gasteiger partial charge in [-0.2, -0.15) is 4.98 Å². The van der Waals surface area contributed by atoms with Gasteiger partial charge in [0.25, 0.3) is 5.91 Å². The standard InChI is InChI=1S/C28H36N6O/c1-19-7-3-4-8-20(19)16-29-22-9-11-23(12-10-22)32-27-30-17-21-15-24-26(35)31-18-28(13-5-2-6-14-28)34(24)25(21)33-27/h3-4,7-8,15,17,22-23,29H,2,5-6,9-14,16,18H2,1H3,(H,31,35)(H,30,32,33). The van der Waals surface area contributed by atoms with Crippen LogP contribution in [-0.2, 0) is 12.1 Å². The SMILES string of the molecule is Cc1ccccc1CNC1CCC(Nc2ncc3cc4n(c3n2)C2(CCCCC2)CNC4=O)CC1. The zero-order valence-corrected chi connectivity index (χ0v) is 20.6. The summed E-state index contributed by atoms with van der Waals surface area (Å²) >= 11 is 0. The summed E-state index contributed by atoms with van der Waals surface area (Å²) in [6.45, 7) is 3.82. The first kappa shape index (κ1) is 22.5. The number of hydrogen-bond acceptors (Lipinski definition) is 5. The highest BCUT2D eigenvalue weighted by Crippen LogP contribution is 2.40. The molecule has 2 fully saturated rings. The molecule has 7 heteroatoms. The van der Waals surface area contributed by atoms with E-state index < -0.39 is 0 Å². The number of nitrogens with one attached hydrogen (secondary N) is 3. The van der Waals surface area contributed by atoms with E-state index >= 15 is 0 Å². The maximum atomic E-state index is 12.7. The molecule has 0 bridgehead atoms. The van der Waals surface area contributed by atoms with Crippen LogP contribution in [0.25, 0.3) is 11.0 Å². The maximum Gasteiger partial charge on any atom is 0.268 e. The molecular formula is C28H36N6O. The minimum absolute atomic E-state index is 0.00484. The smallest absolute Gasteiger partial charge is 0.268 e. The molecule has 6 rings (SSSR count). The van der Waals surface area contributed by atoms with E-state index in [1.165, 1.54) is 30.4 Å². The minimum atomic E-state index is -0.0459. The highest BCUT2D eigenvalue weighted by molar-refractivity contribution is 5.99. The van der Waals surface area contributed by atoms with Crippen molar-refractivity contribution in [3.05, 3.63) is 53.3 Å². The second kappa shape index (κ2) is 9.26. The fraction of sp³-hybridized carbons (Fsp3) is 0.536. The molecule has 1 aliphatic heterocycles. The van der Waals surface area contributed by atoms with Gasteiger partial charge in [0.2, 0.25) is 5.95 Å². The molecule has 0 radical (unpaired) electrons. The molecule has 0 saturated heterocycles. The van der Waals surface area contributed by atoms with Gasteiger partial charge in [0.05, 0.1) is 5.54 Å². The molecular weight excluding hydrogens is 436 g/mol. The van der Waals surface area contributed by atoms with Crippen LogP contribution in [-0.4, -0.2) is 39.1 Å². The molecule has 0 atom stereocenters. The van der Waals surface area contributed by atoms with Crippen molar-refractivity contribution >= 4 is 22.9 Å². The van der Waals surface area contributed by atoms with Crippen LogP contribution in [0.1, 0.15) is 79.4 Å². The number of aryl methyl sites for hydroxylation is 1. The number of anilines is 1. The summed E-state index contributed by atoms with van der Waals surface area (Å²) in [6, 6.07) is 11.5. The Bertz CT molecular complexity index is 1220. The maximum absolute atomic E-state index is 12.7. The van der Waals surface area contributed by atoms with E-state index in [-0.39, 0.29) is 11.4 Å². The highest BCUT2D eigenvalue weighted by Gasteiger charge is 2.41. The van der Waals surface area contributed by atoms with Crippen molar-refractivity contribution in [3.63, 3.8) is 0 Å². The van der Waals surface area contributed by atoms with Gasteiger partial charge in [-0.25, -0.2) is 4.98 Å². The van der Waals surface area contributed by atoms with Crippen LogP contribution in [0.5, 0.6) is 0 Å². The molecule has 3 heterocycles. The Hall–Kier alpha value is -2.93. The normalized spacial score (nSPS) is 23.7. The largest absolute Gasteiger partial charge is 0.351 e. The Morgan fingerprint density at radius 1 is 1.09 bits per heavy atom. The summed E-state index contributed by atoms with van der Waals surface area (Å²) in [5.41, 5.74) is 4.33. The van der Waals surface area contributed by atoms with Crippen LogP contribution in [0.15, 0.2) is 36.5 Å². The molecule has 3 aliphatic rings. The summed E-state index contributed by atoms with van der Waals surface area (Å²) in [6.07, 6.45) is 12.2. The molecule has 1 aromatic carbocycles. The van der Waals surface area contributed by atoms with Crippen LogP contribution < -0.4 is 16.0 Å². The fourth-order valence-corrected chi connectivity index (χ4v) is 6.42. The summed E-state index contributed by atoms with van der Waals surface area (Å²) in [5, 5.41) is 11.5. The molecule has 2 saturated carbocycles. The predicted octanol–water partition coefficient (Wildman–Crippen LogP) is 4.66. The highest BCUT2D eigenvalue weighted by atomic mass is 16.2. The van der Waals surface area contributed by atoms with Crippen molar-refractivity contribution in [1.29, 1.82) is 0 Å². The van der Waals surface area contributed by atoms with E-state index in [9.17, 15) is 4.79 Å². The van der Waals surface area contributed by atoms with Gasteiger partial charge >= 0.3 is 0 Å². The molecule has 35 heavy (non-hydrogen) atoms. The second-order valence-electron chi connectivity index (χ2n) is 10.8. The first-order valence-electron chi connectivity index (χ1n) is 13.3. The molecule has 3 aromatic rings. The Morgan fingerprint density at radius 2 is 1.86 bits per heavy atom. The number of aromatic nitrogens is 3. The number of hydrogen-bond donors (Lipinski definition) is 3. The number of rotatable bonds is 5. The molecule has 184 valence electrons. The fourth-order valence-electron chi connectivity index (χ4n) is 6.42. The summed E-state index contributed by atoms with van der Waals surface area (Å²) in [7, 11) is 0. The van der Waals surface area contributed by atoms with Crippen molar-refractivity contribution in [2.24, 2.45) is 0 Å². The van der Waals surface area contributed by atoms with Gasteiger partial charge in [-0.15, -0.1) is 0 Å². The monoisotopic (exact) mass is 472 g/mol. The number of amides is 1. The van der Waals surface area contributed by atoms with Crippen LogP contribution in [0.2, 0.25) is 0 Å². The van der Waals surface area contributed by atoms with E-state index in [4.69, 9.17) is 4.98 Å². The van der Waals surface area contributed by atoms with Crippen LogP contribution in [0, 0.1) is 6.92 Å². The molecule has 1 amide bonds. The average molecular weight is 473 g/mol. The van der Waals surface area contributed by atoms with Gasteiger partial charge in [-0.3, -0.25) is 4.79 Å². The minimum Gasteiger partial charge on any atom is -0.351 e. The second-order valence-corrected chi connectivity index (χ2v) is 10.8. The predicted molar refractivity (Wildman–Crippen MR) is 139 cm³/mol. The van der Waals surface area contributed by atoms with Crippen LogP contribution >= 0.6 is 0 Å². The van der Waals surface area contributed by atoms with E-state index in [0.717, 1.165) is 61.8 Å². The van der Waals surface area contributed by atoms with Crippen molar-refractivity contribution in [1.82, 2.24) is 25.2 Å². The molecule has 0 unspecified atom stereocenters. The number of carbonyl (C=O) groups is 1. The van der Waals surface area contributed by atoms with Crippen molar-refractivity contribution < 1.29 is 4.79 Å². The number of carbonyl (C=O) groups excluding carboxylic acids is 1. The van der Waals surface area contributed by atoms with Gasteiger partial charge < -0.3 is 20.5 Å². The Labute approximate surface area is 207 Å². The lowest BCUT2D eigenvalue weighted by atomic mass is 9.80. The molecule has 3 N–H and O–H groups in total. The average Bonchev–Trinajstić information content (AvgIpc) is 3.28. The van der Waals surface area contributed by atoms with Gasteiger partial charge in [0, 0.05) is 36.8 Å². The Kier molecular flexibility index (Phi) is 5.96. The van der Waals surface area contributed by atoms with Gasteiger partial charge in [-0.1, -0.05) is 43.5 Å². The third-order valence-electron chi connectivity index (χ3n) is 8.51. The number of benzene rings is 1. The third kappa shape index (κ3) is 4.31. The molecule has 2 aliphatic carbocycles. The summed E-state index contributed by atoms with van der Waals surface area (Å²) in [4.78, 5) is 22.3.